The maximum atomic E-state index is 12.3. The molecule has 0 amide bonds. The van der Waals surface area contributed by atoms with E-state index in [9.17, 15) is 4.79 Å². The summed E-state index contributed by atoms with van der Waals surface area (Å²) in [4.78, 5) is 12.3. The van der Waals surface area contributed by atoms with E-state index in [-0.39, 0.29) is 12.4 Å². The van der Waals surface area contributed by atoms with Gasteiger partial charge in [0.25, 0.3) is 0 Å². The average Bonchev–Trinajstić information content (AvgIpc) is 2.67. The summed E-state index contributed by atoms with van der Waals surface area (Å²) in [6.45, 7) is 0. The van der Waals surface area contributed by atoms with E-state index in [1.807, 2.05) is 36.4 Å². The molecule has 0 aliphatic heterocycles. The van der Waals surface area contributed by atoms with Gasteiger partial charge in [0, 0.05) is 0 Å². The summed E-state index contributed by atoms with van der Waals surface area (Å²) in [5.41, 5.74) is 0.787. The van der Waals surface area contributed by atoms with Crippen LogP contribution in [0.25, 0.3) is 10.8 Å². The number of rotatable bonds is 6. The third kappa shape index (κ3) is 3.88. The van der Waals surface area contributed by atoms with Crippen molar-refractivity contribution in [1.29, 1.82) is 0 Å². The maximum Gasteiger partial charge on any atom is 0.315 e. The molecule has 0 radical (unpaired) electrons. The number of hydrogen-bond acceptors (Lipinski definition) is 5. The molecule has 5 heteroatoms. The fraction of sp³-hybridized carbons (Fsp3) is 0.190. The minimum absolute atomic E-state index is 0.135. The van der Waals surface area contributed by atoms with Gasteiger partial charge in [-0.05, 0) is 52.7 Å². The molecule has 3 aromatic rings. The summed E-state index contributed by atoms with van der Waals surface area (Å²) in [7, 11) is 4.75. The van der Waals surface area contributed by atoms with Crippen LogP contribution in [0.1, 0.15) is 5.56 Å². The molecule has 0 atom stereocenters. The van der Waals surface area contributed by atoms with Crippen LogP contribution >= 0.6 is 0 Å². The van der Waals surface area contributed by atoms with E-state index in [4.69, 9.17) is 18.9 Å². The summed E-state index contributed by atoms with van der Waals surface area (Å²) < 4.78 is 21.2. The number of hydrogen-bond donors (Lipinski definition) is 0. The van der Waals surface area contributed by atoms with Crippen molar-refractivity contribution < 1.29 is 23.7 Å². The fourth-order valence-corrected chi connectivity index (χ4v) is 2.72. The van der Waals surface area contributed by atoms with Gasteiger partial charge in [0.1, 0.15) is 11.5 Å². The molecule has 0 aliphatic rings. The Bertz CT molecular complexity index is 933. The Morgan fingerprint density at radius 1 is 0.731 bits per heavy atom. The number of carbonyl (C=O) groups is 1. The van der Waals surface area contributed by atoms with Gasteiger partial charge in [-0.3, -0.25) is 4.79 Å². The highest BCUT2D eigenvalue weighted by atomic mass is 16.5. The van der Waals surface area contributed by atoms with Crippen LogP contribution in [0, 0.1) is 0 Å². The van der Waals surface area contributed by atoms with Crippen LogP contribution in [-0.2, 0) is 11.2 Å². The lowest BCUT2D eigenvalue weighted by molar-refractivity contribution is -0.133. The van der Waals surface area contributed by atoms with Crippen molar-refractivity contribution in [2.24, 2.45) is 0 Å². The van der Waals surface area contributed by atoms with Gasteiger partial charge in [-0.15, -0.1) is 0 Å². The van der Waals surface area contributed by atoms with E-state index < -0.39 is 0 Å². The summed E-state index contributed by atoms with van der Waals surface area (Å²) in [6.07, 6.45) is 0.135. The van der Waals surface area contributed by atoms with Crippen LogP contribution in [0.4, 0.5) is 0 Å². The Kier molecular flexibility index (Phi) is 5.27. The molecule has 0 spiro atoms. The van der Waals surface area contributed by atoms with Gasteiger partial charge in [-0.25, -0.2) is 0 Å². The number of carbonyl (C=O) groups excluding carboxylic acids is 1. The Hall–Kier alpha value is -3.21. The quantitative estimate of drug-likeness (QED) is 0.495. The van der Waals surface area contributed by atoms with E-state index >= 15 is 0 Å². The van der Waals surface area contributed by atoms with E-state index in [2.05, 4.69) is 0 Å². The zero-order valence-corrected chi connectivity index (χ0v) is 14.9. The molecule has 26 heavy (non-hydrogen) atoms. The summed E-state index contributed by atoms with van der Waals surface area (Å²) in [6, 6.07) is 16.6. The van der Waals surface area contributed by atoms with E-state index in [0.717, 1.165) is 22.1 Å². The normalized spacial score (nSPS) is 10.4. The van der Waals surface area contributed by atoms with Crippen LogP contribution in [0.3, 0.4) is 0 Å². The molecule has 134 valence electrons. The van der Waals surface area contributed by atoms with E-state index in [1.54, 1.807) is 39.5 Å². The molecule has 0 bridgehead atoms. The lowest BCUT2D eigenvalue weighted by atomic mass is 10.1. The Morgan fingerprint density at radius 3 is 2.12 bits per heavy atom. The summed E-state index contributed by atoms with van der Waals surface area (Å²) >= 11 is 0. The number of esters is 1. The SMILES string of the molecule is COc1ccc2ccc(OC(=O)Cc3ccc(OC)c(OC)c3)cc2c1. The third-order valence-electron chi connectivity index (χ3n) is 4.05. The van der Waals surface area contributed by atoms with Gasteiger partial charge in [-0.1, -0.05) is 18.2 Å². The maximum absolute atomic E-state index is 12.3. The van der Waals surface area contributed by atoms with E-state index in [1.165, 1.54) is 0 Å². The predicted molar refractivity (Wildman–Crippen MR) is 99.4 cm³/mol. The molecule has 0 aromatic heterocycles. The molecule has 3 rings (SSSR count). The van der Waals surface area contributed by atoms with E-state index in [0.29, 0.717) is 17.2 Å². The van der Waals surface area contributed by atoms with Crippen LogP contribution in [-0.4, -0.2) is 27.3 Å². The largest absolute Gasteiger partial charge is 0.497 e. The predicted octanol–water partition coefficient (Wildman–Crippen LogP) is 4.01. The van der Waals surface area contributed by atoms with Crippen molar-refractivity contribution in [3.8, 4) is 23.0 Å². The van der Waals surface area contributed by atoms with Crippen LogP contribution in [0.15, 0.2) is 54.6 Å². The zero-order chi connectivity index (χ0) is 18.5. The van der Waals surface area contributed by atoms with Crippen LogP contribution < -0.4 is 18.9 Å². The molecule has 3 aromatic carbocycles. The first kappa shape index (κ1) is 17.6. The van der Waals surface area contributed by atoms with Crippen molar-refractivity contribution in [3.63, 3.8) is 0 Å². The molecule has 5 nitrogen and oxygen atoms in total. The molecule has 0 heterocycles. The first-order valence-electron chi connectivity index (χ1n) is 8.12. The van der Waals surface area contributed by atoms with Gasteiger partial charge >= 0.3 is 5.97 Å². The van der Waals surface area contributed by atoms with Gasteiger partial charge in [0.2, 0.25) is 0 Å². The van der Waals surface area contributed by atoms with Crippen molar-refractivity contribution in [1.82, 2.24) is 0 Å². The molecule has 0 fully saturated rings. The second-order valence-electron chi connectivity index (χ2n) is 5.72. The number of ether oxygens (including phenoxy) is 4. The lowest BCUT2D eigenvalue weighted by Gasteiger charge is -2.10. The van der Waals surface area contributed by atoms with Crippen LogP contribution in [0.2, 0.25) is 0 Å². The molecular weight excluding hydrogens is 332 g/mol. The standard InChI is InChI=1S/C21H20O5/c1-23-17-7-5-15-6-8-18(13-16(15)12-17)26-21(22)11-14-4-9-19(24-2)20(10-14)25-3/h4-10,12-13H,11H2,1-3H3. The van der Waals surface area contributed by atoms with Crippen molar-refractivity contribution in [2.45, 2.75) is 6.42 Å². The Morgan fingerprint density at radius 2 is 1.42 bits per heavy atom. The number of methoxy groups -OCH3 is 3. The highest BCUT2D eigenvalue weighted by molar-refractivity contribution is 5.86. The molecule has 0 N–H and O–H groups in total. The van der Waals surface area contributed by atoms with Gasteiger partial charge in [-0.2, -0.15) is 0 Å². The van der Waals surface area contributed by atoms with Crippen molar-refractivity contribution in [3.05, 3.63) is 60.2 Å². The third-order valence-corrected chi connectivity index (χ3v) is 4.05. The second kappa shape index (κ2) is 7.78. The topological polar surface area (TPSA) is 54.0 Å². The lowest BCUT2D eigenvalue weighted by Crippen LogP contribution is -2.11. The number of fused-ring (bicyclic) bond motifs is 1. The minimum atomic E-state index is -0.348. The first-order chi connectivity index (χ1) is 12.6. The Labute approximate surface area is 152 Å². The van der Waals surface area contributed by atoms with Gasteiger partial charge in [0.05, 0.1) is 27.8 Å². The highest BCUT2D eigenvalue weighted by Gasteiger charge is 2.11. The monoisotopic (exact) mass is 352 g/mol. The van der Waals surface area contributed by atoms with Crippen LogP contribution in [0.5, 0.6) is 23.0 Å². The highest BCUT2D eigenvalue weighted by Crippen LogP contribution is 2.28. The average molecular weight is 352 g/mol. The molecule has 0 saturated carbocycles. The molecule has 0 unspecified atom stereocenters. The molecule has 0 aliphatic carbocycles. The first-order valence-corrected chi connectivity index (χ1v) is 8.12. The second-order valence-corrected chi connectivity index (χ2v) is 5.72. The molecular formula is C21H20O5. The van der Waals surface area contributed by atoms with Gasteiger partial charge < -0.3 is 18.9 Å². The number of benzene rings is 3. The fourth-order valence-electron chi connectivity index (χ4n) is 2.72. The minimum Gasteiger partial charge on any atom is -0.497 e. The van der Waals surface area contributed by atoms with Crippen molar-refractivity contribution in [2.75, 3.05) is 21.3 Å². The van der Waals surface area contributed by atoms with Gasteiger partial charge in [0.15, 0.2) is 11.5 Å². The smallest absolute Gasteiger partial charge is 0.315 e. The summed E-state index contributed by atoms with van der Waals surface area (Å²) in [5.74, 6) is 2.10. The summed E-state index contributed by atoms with van der Waals surface area (Å²) in [5, 5.41) is 1.99. The molecule has 0 saturated heterocycles. The zero-order valence-electron chi connectivity index (χ0n) is 14.9. The van der Waals surface area contributed by atoms with Crippen molar-refractivity contribution >= 4 is 16.7 Å². The Balaban J connectivity index is 1.74.